The van der Waals surface area contributed by atoms with Crippen molar-refractivity contribution in [2.45, 2.75) is 26.2 Å². The lowest BCUT2D eigenvalue weighted by atomic mass is 10.0. The highest BCUT2D eigenvalue weighted by Gasteiger charge is 2.33. The summed E-state index contributed by atoms with van der Waals surface area (Å²) in [6.45, 7) is 1.77. The maximum absolute atomic E-state index is 12.2. The van der Waals surface area contributed by atoms with Gasteiger partial charge in [-0.15, -0.1) is 0 Å². The fourth-order valence-electron chi connectivity index (χ4n) is 2.81. The molecule has 6 heteroatoms. The van der Waals surface area contributed by atoms with Gasteiger partial charge in [0.2, 0.25) is 5.91 Å². The van der Waals surface area contributed by atoms with Crippen LogP contribution in [0.5, 0.6) is 0 Å². The summed E-state index contributed by atoms with van der Waals surface area (Å²) in [6.07, 6.45) is 1.59. The first-order valence-electron chi connectivity index (χ1n) is 6.94. The number of aliphatic carboxylic acids is 1. The van der Waals surface area contributed by atoms with Crippen LogP contribution in [0.3, 0.4) is 0 Å². The number of fused-ring (bicyclic) bond motifs is 1. The third kappa shape index (κ3) is 2.74. The molecule has 2 aromatic rings. The number of carboxylic acid groups (broad SMARTS) is 1. The molecule has 1 aliphatic rings. The van der Waals surface area contributed by atoms with Crippen LogP contribution in [0.25, 0.3) is 11.1 Å². The van der Waals surface area contributed by atoms with E-state index in [-0.39, 0.29) is 11.8 Å². The van der Waals surface area contributed by atoms with E-state index in [4.69, 9.17) is 9.52 Å². The molecular weight excluding hydrogens is 272 g/mol. The molecule has 0 spiro atoms. The minimum Gasteiger partial charge on any atom is -0.481 e. The first-order chi connectivity index (χ1) is 10.0. The van der Waals surface area contributed by atoms with E-state index in [2.05, 4.69) is 10.3 Å². The zero-order chi connectivity index (χ0) is 15.0. The Kier molecular flexibility index (Phi) is 3.37. The number of benzene rings is 1. The predicted molar refractivity (Wildman–Crippen MR) is 75.8 cm³/mol. The van der Waals surface area contributed by atoms with Crippen LogP contribution in [0, 0.1) is 18.8 Å². The Labute approximate surface area is 121 Å². The molecule has 1 aromatic carbocycles. The molecule has 1 aromatic heterocycles. The Morgan fingerprint density at radius 3 is 2.81 bits per heavy atom. The van der Waals surface area contributed by atoms with Gasteiger partial charge in [-0.05, 0) is 37.5 Å². The largest absolute Gasteiger partial charge is 0.481 e. The number of aryl methyl sites for hydroxylation is 1. The molecule has 2 unspecified atom stereocenters. The summed E-state index contributed by atoms with van der Waals surface area (Å²) in [5.41, 5.74) is 2.03. The third-order valence-corrected chi connectivity index (χ3v) is 3.91. The van der Waals surface area contributed by atoms with Crippen LogP contribution in [0.4, 0.5) is 5.69 Å². The zero-order valence-corrected chi connectivity index (χ0v) is 11.6. The molecule has 2 atom stereocenters. The van der Waals surface area contributed by atoms with Crippen molar-refractivity contribution >= 4 is 28.7 Å². The van der Waals surface area contributed by atoms with Crippen LogP contribution in [0.2, 0.25) is 0 Å². The number of carbonyl (C=O) groups is 2. The number of anilines is 1. The van der Waals surface area contributed by atoms with Gasteiger partial charge >= 0.3 is 5.97 Å². The second kappa shape index (κ2) is 5.20. The summed E-state index contributed by atoms with van der Waals surface area (Å²) >= 11 is 0. The third-order valence-electron chi connectivity index (χ3n) is 3.91. The molecule has 2 N–H and O–H groups in total. The normalized spacial score (nSPS) is 21.6. The number of hydrogen-bond donors (Lipinski definition) is 2. The number of nitrogens with one attached hydrogen (secondary N) is 1. The van der Waals surface area contributed by atoms with Crippen LogP contribution in [0.1, 0.15) is 25.2 Å². The SMILES string of the molecule is Cc1nc2cc(NC(=O)C3CCC(C(=O)O)C3)ccc2o1. The van der Waals surface area contributed by atoms with E-state index in [9.17, 15) is 9.59 Å². The van der Waals surface area contributed by atoms with Crippen LogP contribution in [-0.4, -0.2) is 22.0 Å². The van der Waals surface area contributed by atoms with E-state index < -0.39 is 11.9 Å². The molecular formula is C15H16N2O4. The van der Waals surface area contributed by atoms with Gasteiger partial charge in [0.25, 0.3) is 0 Å². The van der Waals surface area contributed by atoms with Gasteiger partial charge in [0.1, 0.15) is 5.52 Å². The molecule has 3 rings (SSSR count). The van der Waals surface area contributed by atoms with Crippen LogP contribution < -0.4 is 5.32 Å². The van der Waals surface area contributed by atoms with Gasteiger partial charge < -0.3 is 14.8 Å². The molecule has 21 heavy (non-hydrogen) atoms. The molecule has 0 bridgehead atoms. The van der Waals surface area contributed by atoms with Gasteiger partial charge in [-0.3, -0.25) is 9.59 Å². The van der Waals surface area contributed by atoms with Gasteiger partial charge in [0, 0.05) is 18.5 Å². The molecule has 1 aliphatic carbocycles. The number of carboxylic acids is 1. The fraction of sp³-hybridized carbons (Fsp3) is 0.400. The highest BCUT2D eigenvalue weighted by Crippen LogP contribution is 2.32. The van der Waals surface area contributed by atoms with Crippen molar-refractivity contribution in [3.05, 3.63) is 24.1 Å². The molecule has 0 saturated heterocycles. The molecule has 1 fully saturated rings. The summed E-state index contributed by atoms with van der Waals surface area (Å²) in [5, 5.41) is 11.8. The van der Waals surface area contributed by atoms with E-state index in [1.165, 1.54) is 0 Å². The van der Waals surface area contributed by atoms with Gasteiger partial charge in [0.05, 0.1) is 5.92 Å². The zero-order valence-electron chi connectivity index (χ0n) is 11.6. The number of hydrogen-bond acceptors (Lipinski definition) is 4. The van der Waals surface area contributed by atoms with E-state index in [1.807, 2.05) is 0 Å². The van der Waals surface area contributed by atoms with Crippen molar-refractivity contribution in [1.29, 1.82) is 0 Å². The van der Waals surface area contributed by atoms with E-state index >= 15 is 0 Å². The lowest BCUT2D eigenvalue weighted by Gasteiger charge is -2.10. The predicted octanol–water partition coefficient (Wildman–Crippen LogP) is 2.58. The molecule has 0 radical (unpaired) electrons. The highest BCUT2D eigenvalue weighted by atomic mass is 16.4. The Morgan fingerprint density at radius 1 is 1.33 bits per heavy atom. The second-order valence-electron chi connectivity index (χ2n) is 5.45. The van der Waals surface area contributed by atoms with Crippen molar-refractivity contribution in [3.8, 4) is 0 Å². The Morgan fingerprint density at radius 2 is 2.10 bits per heavy atom. The lowest BCUT2D eigenvalue weighted by Crippen LogP contribution is -2.21. The molecule has 1 heterocycles. The first-order valence-corrected chi connectivity index (χ1v) is 6.94. The van der Waals surface area contributed by atoms with Crippen molar-refractivity contribution in [1.82, 2.24) is 4.98 Å². The standard InChI is InChI=1S/C15H16N2O4/c1-8-16-12-7-11(4-5-13(12)21-8)17-14(18)9-2-3-10(6-9)15(19)20/h4-5,7,9-10H,2-3,6H2,1H3,(H,17,18)(H,19,20). The molecule has 0 aliphatic heterocycles. The van der Waals surface area contributed by atoms with Crippen LogP contribution >= 0.6 is 0 Å². The maximum atomic E-state index is 12.2. The number of rotatable bonds is 3. The fourth-order valence-corrected chi connectivity index (χ4v) is 2.81. The number of amides is 1. The lowest BCUT2D eigenvalue weighted by molar-refractivity contribution is -0.141. The topological polar surface area (TPSA) is 92.4 Å². The van der Waals surface area contributed by atoms with Crippen LogP contribution in [-0.2, 0) is 9.59 Å². The van der Waals surface area contributed by atoms with Gasteiger partial charge in [0.15, 0.2) is 11.5 Å². The molecule has 1 saturated carbocycles. The first kappa shape index (κ1) is 13.6. The molecule has 6 nitrogen and oxygen atoms in total. The van der Waals surface area contributed by atoms with E-state index in [0.29, 0.717) is 41.9 Å². The average molecular weight is 288 g/mol. The van der Waals surface area contributed by atoms with E-state index in [0.717, 1.165) is 0 Å². The maximum Gasteiger partial charge on any atom is 0.306 e. The number of nitrogens with zero attached hydrogens (tertiary/aromatic N) is 1. The quantitative estimate of drug-likeness (QED) is 0.905. The number of aromatic nitrogens is 1. The number of carbonyl (C=O) groups excluding carboxylic acids is 1. The molecule has 1 amide bonds. The van der Waals surface area contributed by atoms with Gasteiger partial charge in [-0.1, -0.05) is 0 Å². The smallest absolute Gasteiger partial charge is 0.306 e. The second-order valence-corrected chi connectivity index (χ2v) is 5.45. The van der Waals surface area contributed by atoms with Crippen molar-refractivity contribution in [2.75, 3.05) is 5.32 Å². The van der Waals surface area contributed by atoms with Crippen molar-refractivity contribution < 1.29 is 19.1 Å². The van der Waals surface area contributed by atoms with Gasteiger partial charge in [-0.25, -0.2) is 4.98 Å². The summed E-state index contributed by atoms with van der Waals surface area (Å²) in [5.74, 6) is -1.00. The summed E-state index contributed by atoms with van der Waals surface area (Å²) in [4.78, 5) is 27.3. The Balaban J connectivity index is 1.70. The summed E-state index contributed by atoms with van der Waals surface area (Å²) in [7, 11) is 0. The van der Waals surface area contributed by atoms with Crippen molar-refractivity contribution in [3.63, 3.8) is 0 Å². The highest BCUT2D eigenvalue weighted by molar-refractivity contribution is 5.94. The summed E-state index contributed by atoms with van der Waals surface area (Å²) < 4.78 is 5.38. The monoisotopic (exact) mass is 288 g/mol. The number of oxazole rings is 1. The van der Waals surface area contributed by atoms with Crippen LogP contribution in [0.15, 0.2) is 22.6 Å². The van der Waals surface area contributed by atoms with Crippen molar-refractivity contribution in [2.24, 2.45) is 11.8 Å². The Bertz CT molecular complexity index is 707. The van der Waals surface area contributed by atoms with E-state index in [1.54, 1.807) is 25.1 Å². The van der Waals surface area contributed by atoms with Gasteiger partial charge in [-0.2, -0.15) is 0 Å². The minimum absolute atomic E-state index is 0.127. The minimum atomic E-state index is -0.815. The Hall–Kier alpha value is -2.37. The average Bonchev–Trinajstić information content (AvgIpc) is 3.03. The summed E-state index contributed by atoms with van der Waals surface area (Å²) in [6, 6.07) is 5.28. The molecule has 110 valence electrons.